The zero-order chi connectivity index (χ0) is 15.0. The Hall–Kier alpha value is -0.580. The average molecular weight is 304 g/mol. The lowest BCUT2D eigenvalue weighted by molar-refractivity contribution is -0.143. The molecular formula is C15H28O4S. The maximum atomic E-state index is 11.5. The van der Waals surface area contributed by atoms with Gasteiger partial charge >= 0.3 is 5.97 Å². The van der Waals surface area contributed by atoms with Crippen molar-refractivity contribution in [2.75, 3.05) is 11.5 Å². The van der Waals surface area contributed by atoms with E-state index in [4.69, 9.17) is 0 Å². The average Bonchev–Trinajstić information content (AvgIpc) is 2.72. The maximum Gasteiger partial charge on any atom is 0.306 e. The normalized spacial score (nSPS) is 22.8. The number of aliphatic carboxylic acids is 1. The monoisotopic (exact) mass is 304 g/mol. The molecule has 1 aliphatic heterocycles. The molecule has 0 radical (unpaired) electrons. The minimum Gasteiger partial charge on any atom is -0.481 e. The number of carbonyl (C=O) groups is 1. The molecule has 118 valence electrons. The van der Waals surface area contributed by atoms with Crippen molar-refractivity contribution in [2.45, 2.75) is 64.7 Å². The first kappa shape index (κ1) is 17.5. The van der Waals surface area contributed by atoms with Gasteiger partial charge in [-0.15, -0.1) is 0 Å². The predicted molar refractivity (Wildman–Crippen MR) is 80.5 cm³/mol. The summed E-state index contributed by atoms with van der Waals surface area (Å²) in [6, 6.07) is 0. The highest BCUT2D eigenvalue weighted by Crippen LogP contribution is 2.30. The molecule has 20 heavy (non-hydrogen) atoms. The molecule has 1 N–H and O–H groups in total. The molecule has 0 bridgehead atoms. The lowest BCUT2D eigenvalue weighted by atomic mass is 9.87. The molecule has 1 fully saturated rings. The van der Waals surface area contributed by atoms with E-state index in [1.165, 1.54) is 25.7 Å². The first-order valence-electron chi connectivity index (χ1n) is 7.89. The molecule has 0 saturated carbocycles. The van der Waals surface area contributed by atoms with Gasteiger partial charge in [0.1, 0.15) is 0 Å². The largest absolute Gasteiger partial charge is 0.481 e. The van der Waals surface area contributed by atoms with Crippen LogP contribution in [0.2, 0.25) is 0 Å². The first-order chi connectivity index (χ1) is 9.46. The fraction of sp³-hybridized carbons (Fsp3) is 0.933. The van der Waals surface area contributed by atoms with Crippen LogP contribution in [0.25, 0.3) is 0 Å². The van der Waals surface area contributed by atoms with Crippen LogP contribution in [-0.4, -0.2) is 31.0 Å². The van der Waals surface area contributed by atoms with E-state index in [0.29, 0.717) is 12.8 Å². The Kier molecular flexibility index (Phi) is 7.56. The van der Waals surface area contributed by atoms with Crippen molar-refractivity contribution < 1.29 is 18.3 Å². The Balaban J connectivity index is 2.25. The van der Waals surface area contributed by atoms with Gasteiger partial charge in [0.25, 0.3) is 0 Å². The topological polar surface area (TPSA) is 71.4 Å². The molecule has 0 spiro atoms. The second kappa shape index (κ2) is 8.65. The minimum atomic E-state index is -2.98. The predicted octanol–water partition coefficient (Wildman–Crippen LogP) is 3.26. The van der Waals surface area contributed by atoms with Gasteiger partial charge in [-0.2, -0.15) is 0 Å². The molecule has 1 saturated heterocycles. The van der Waals surface area contributed by atoms with Gasteiger partial charge in [-0.25, -0.2) is 8.42 Å². The Bertz CT molecular complexity index is 389. The zero-order valence-corrected chi connectivity index (χ0v) is 13.3. The van der Waals surface area contributed by atoms with Crippen molar-refractivity contribution in [2.24, 2.45) is 11.8 Å². The molecule has 5 heteroatoms. The highest BCUT2D eigenvalue weighted by Gasteiger charge is 2.36. The van der Waals surface area contributed by atoms with Gasteiger partial charge in [0, 0.05) is 0 Å². The van der Waals surface area contributed by atoms with Crippen molar-refractivity contribution in [3.05, 3.63) is 0 Å². The molecule has 1 rings (SSSR count). The van der Waals surface area contributed by atoms with E-state index in [2.05, 4.69) is 6.92 Å². The zero-order valence-electron chi connectivity index (χ0n) is 12.5. The van der Waals surface area contributed by atoms with Crippen molar-refractivity contribution >= 4 is 15.8 Å². The van der Waals surface area contributed by atoms with Crippen LogP contribution in [0.1, 0.15) is 64.7 Å². The quantitative estimate of drug-likeness (QED) is 0.629. The smallest absolute Gasteiger partial charge is 0.306 e. The van der Waals surface area contributed by atoms with Gasteiger partial charge in [-0.1, -0.05) is 51.9 Å². The van der Waals surface area contributed by atoms with Gasteiger partial charge in [-0.3, -0.25) is 4.79 Å². The van der Waals surface area contributed by atoms with E-state index >= 15 is 0 Å². The van der Waals surface area contributed by atoms with Gasteiger partial charge in [0.2, 0.25) is 0 Å². The van der Waals surface area contributed by atoms with Crippen molar-refractivity contribution in [1.29, 1.82) is 0 Å². The highest BCUT2D eigenvalue weighted by molar-refractivity contribution is 7.91. The summed E-state index contributed by atoms with van der Waals surface area (Å²) >= 11 is 0. The van der Waals surface area contributed by atoms with Crippen LogP contribution in [0.4, 0.5) is 0 Å². The van der Waals surface area contributed by atoms with Crippen molar-refractivity contribution in [3.63, 3.8) is 0 Å². The number of sulfone groups is 1. The van der Waals surface area contributed by atoms with Gasteiger partial charge in [0.15, 0.2) is 9.84 Å². The van der Waals surface area contributed by atoms with E-state index in [1.54, 1.807) is 0 Å². The molecule has 0 aliphatic carbocycles. The Labute approximate surface area is 122 Å². The molecule has 1 aliphatic rings. The second-order valence-electron chi connectivity index (χ2n) is 6.02. The SMILES string of the molecule is CCCCCCCCCC(C(=O)O)C1CCS(=O)(=O)C1. The van der Waals surface area contributed by atoms with E-state index in [0.717, 1.165) is 19.3 Å². The third-order valence-corrected chi connectivity index (χ3v) is 6.07. The summed E-state index contributed by atoms with van der Waals surface area (Å²) in [4.78, 5) is 11.3. The van der Waals surface area contributed by atoms with E-state index < -0.39 is 21.7 Å². The summed E-state index contributed by atoms with van der Waals surface area (Å²) in [5, 5.41) is 9.28. The van der Waals surface area contributed by atoms with Crippen LogP contribution in [0.15, 0.2) is 0 Å². The lowest BCUT2D eigenvalue weighted by Gasteiger charge is -2.17. The van der Waals surface area contributed by atoms with Crippen molar-refractivity contribution in [3.8, 4) is 0 Å². The molecule has 0 aromatic rings. The summed E-state index contributed by atoms with van der Waals surface area (Å²) in [5.74, 6) is -1.22. The first-order valence-corrected chi connectivity index (χ1v) is 9.71. The van der Waals surface area contributed by atoms with E-state index in [9.17, 15) is 18.3 Å². The molecule has 0 amide bonds. The number of hydrogen-bond donors (Lipinski definition) is 1. The molecule has 0 aromatic heterocycles. The summed E-state index contributed by atoms with van der Waals surface area (Å²) in [5.41, 5.74) is 0. The summed E-state index contributed by atoms with van der Waals surface area (Å²) in [7, 11) is -2.98. The molecule has 4 nitrogen and oxygen atoms in total. The lowest BCUT2D eigenvalue weighted by Crippen LogP contribution is -2.24. The fourth-order valence-corrected chi connectivity index (χ4v) is 4.90. The van der Waals surface area contributed by atoms with Crippen LogP contribution in [-0.2, 0) is 14.6 Å². The molecule has 0 aromatic carbocycles. The standard InChI is InChI=1S/C15H28O4S/c1-2-3-4-5-6-7-8-9-14(15(16)17)13-10-11-20(18,19)12-13/h13-14H,2-12H2,1H3,(H,16,17). The van der Waals surface area contributed by atoms with Gasteiger partial charge in [-0.05, 0) is 18.8 Å². The Morgan fingerprint density at radius 3 is 2.25 bits per heavy atom. The van der Waals surface area contributed by atoms with Crippen LogP contribution < -0.4 is 0 Å². The molecular weight excluding hydrogens is 276 g/mol. The number of carboxylic acid groups (broad SMARTS) is 1. The van der Waals surface area contributed by atoms with E-state index in [-0.39, 0.29) is 17.4 Å². The van der Waals surface area contributed by atoms with Crippen LogP contribution >= 0.6 is 0 Å². The summed E-state index contributed by atoms with van der Waals surface area (Å²) < 4.78 is 22.9. The van der Waals surface area contributed by atoms with Crippen LogP contribution in [0, 0.1) is 11.8 Å². The molecule has 2 unspecified atom stereocenters. The number of hydrogen-bond acceptors (Lipinski definition) is 3. The molecule has 2 atom stereocenters. The number of unbranched alkanes of at least 4 members (excludes halogenated alkanes) is 6. The summed E-state index contributed by atoms with van der Waals surface area (Å²) in [6.07, 6.45) is 9.28. The van der Waals surface area contributed by atoms with Crippen LogP contribution in [0.5, 0.6) is 0 Å². The highest BCUT2D eigenvalue weighted by atomic mass is 32.2. The van der Waals surface area contributed by atoms with Gasteiger partial charge < -0.3 is 5.11 Å². The van der Waals surface area contributed by atoms with Crippen LogP contribution in [0.3, 0.4) is 0 Å². The number of rotatable bonds is 10. The Morgan fingerprint density at radius 2 is 1.75 bits per heavy atom. The van der Waals surface area contributed by atoms with E-state index in [1.807, 2.05) is 0 Å². The van der Waals surface area contributed by atoms with Crippen molar-refractivity contribution in [1.82, 2.24) is 0 Å². The number of carboxylic acids is 1. The van der Waals surface area contributed by atoms with Gasteiger partial charge in [0.05, 0.1) is 17.4 Å². The maximum absolute atomic E-state index is 11.5. The third kappa shape index (κ3) is 6.25. The fourth-order valence-electron chi connectivity index (χ4n) is 3.02. The minimum absolute atomic E-state index is 0.0699. The second-order valence-corrected chi connectivity index (χ2v) is 8.25. The summed E-state index contributed by atoms with van der Waals surface area (Å²) in [6.45, 7) is 2.19. The third-order valence-electron chi connectivity index (χ3n) is 4.27. The molecule has 1 heterocycles. The Morgan fingerprint density at radius 1 is 1.15 bits per heavy atom.